The molecule has 1 aromatic rings. The summed E-state index contributed by atoms with van der Waals surface area (Å²) in [5, 5.41) is 6.26. The van der Waals surface area contributed by atoms with Crippen molar-refractivity contribution in [2.75, 3.05) is 39.3 Å². The number of piperazine rings is 1. The Morgan fingerprint density at radius 3 is 2.89 bits per heavy atom. The topological polar surface area (TPSA) is 44.4 Å². The molecule has 0 spiro atoms. The van der Waals surface area contributed by atoms with Crippen LogP contribution in [0.1, 0.15) is 10.4 Å². The third-order valence-electron chi connectivity index (χ3n) is 3.12. The Bertz CT molecular complexity index is 450. The Labute approximate surface area is 127 Å². The van der Waals surface area contributed by atoms with Gasteiger partial charge in [0.2, 0.25) is 0 Å². The van der Waals surface area contributed by atoms with E-state index in [1.807, 2.05) is 12.1 Å². The number of hydrogen-bond donors (Lipinski definition) is 3. The maximum Gasteiger partial charge on any atom is 0.252 e. The molecule has 4 nitrogen and oxygen atoms in total. The summed E-state index contributed by atoms with van der Waals surface area (Å²) in [6, 6.07) is 5.46. The molecule has 2 rings (SSSR count). The number of carbonyl (C=O) groups excluding carboxylic acids is 1. The lowest BCUT2D eigenvalue weighted by molar-refractivity contribution is 0.0946. The van der Waals surface area contributed by atoms with Gasteiger partial charge in [-0.3, -0.25) is 9.69 Å². The monoisotopic (exact) mass is 343 g/mol. The van der Waals surface area contributed by atoms with Crippen molar-refractivity contribution in [3.05, 3.63) is 28.2 Å². The van der Waals surface area contributed by atoms with Crippen LogP contribution >= 0.6 is 28.6 Å². The second kappa shape index (κ2) is 7.28. The third kappa shape index (κ3) is 4.49. The van der Waals surface area contributed by atoms with Crippen molar-refractivity contribution in [1.82, 2.24) is 15.5 Å². The molecule has 0 unspecified atom stereocenters. The van der Waals surface area contributed by atoms with Gasteiger partial charge in [0, 0.05) is 48.6 Å². The number of thiol groups is 1. The molecule has 1 saturated heterocycles. The number of nitrogens with one attached hydrogen (secondary N) is 2. The van der Waals surface area contributed by atoms with Crippen LogP contribution in [0.15, 0.2) is 27.6 Å². The zero-order valence-corrected chi connectivity index (χ0v) is 13.1. The van der Waals surface area contributed by atoms with E-state index in [-0.39, 0.29) is 5.91 Å². The normalized spacial score (nSPS) is 16.3. The highest BCUT2D eigenvalue weighted by Crippen LogP contribution is 2.19. The van der Waals surface area contributed by atoms with E-state index in [0.717, 1.165) is 42.1 Å². The number of rotatable bonds is 4. The molecule has 0 bridgehead atoms. The molecule has 1 fully saturated rings. The Balaban J connectivity index is 1.82. The van der Waals surface area contributed by atoms with Crippen LogP contribution in [0, 0.1) is 0 Å². The fourth-order valence-corrected chi connectivity index (χ4v) is 2.68. The highest BCUT2D eigenvalue weighted by Gasteiger charge is 2.12. The van der Waals surface area contributed by atoms with Gasteiger partial charge in [-0.25, -0.2) is 0 Å². The lowest BCUT2D eigenvalue weighted by Gasteiger charge is -2.27. The van der Waals surface area contributed by atoms with Crippen LogP contribution < -0.4 is 10.6 Å². The van der Waals surface area contributed by atoms with Crippen molar-refractivity contribution >= 4 is 34.5 Å². The predicted octanol–water partition coefficient (Wildman–Crippen LogP) is 1.37. The Kier molecular flexibility index (Phi) is 5.69. The van der Waals surface area contributed by atoms with Gasteiger partial charge in [0.1, 0.15) is 0 Å². The molecule has 0 aromatic heterocycles. The van der Waals surface area contributed by atoms with Gasteiger partial charge in [0.25, 0.3) is 5.91 Å². The van der Waals surface area contributed by atoms with E-state index in [2.05, 4.69) is 44.1 Å². The summed E-state index contributed by atoms with van der Waals surface area (Å²) < 4.78 is 0.796. The molecule has 0 radical (unpaired) electrons. The second-order valence-electron chi connectivity index (χ2n) is 4.51. The maximum absolute atomic E-state index is 12.1. The Hall–Kier alpha value is -0.560. The van der Waals surface area contributed by atoms with Gasteiger partial charge >= 0.3 is 0 Å². The fourth-order valence-electron chi connectivity index (χ4n) is 2.04. The van der Waals surface area contributed by atoms with E-state index in [4.69, 9.17) is 0 Å². The van der Waals surface area contributed by atoms with Crippen LogP contribution in [0.5, 0.6) is 0 Å². The van der Waals surface area contributed by atoms with Crippen molar-refractivity contribution in [1.29, 1.82) is 0 Å². The fraction of sp³-hybridized carbons (Fsp3) is 0.462. The first-order valence-electron chi connectivity index (χ1n) is 6.36. The van der Waals surface area contributed by atoms with E-state index >= 15 is 0 Å². The zero-order valence-electron chi connectivity index (χ0n) is 10.7. The Morgan fingerprint density at radius 2 is 2.16 bits per heavy atom. The molecular weight excluding hydrogens is 326 g/mol. The van der Waals surface area contributed by atoms with Gasteiger partial charge in [0.05, 0.1) is 5.56 Å². The maximum atomic E-state index is 12.1. The summed E-state index contributed by atoms with van der Waals surface area (Å²) in [5.41, 5.74) is 0.632. The van der Waals surface area contributed by atoms with Gasteiger partial charge in [0.15, 0.2) is 0 Å². The minimum atomic E-state index is -0.0575. The van der Waals surface area contributed by atoms with Gasteiger partial charge < -0.3 is 10.6 Å². The number of nitrogens with zero attached hydrogens (tertiary/aromatic N) is 1. The van der Waals surface area contributed by atoms with Crippen molar-refractivity contribution in [3.63, 3.8) is 0 Å². The standard InChI is InChI=1S/C13H18BrN3OS/c14-12-2-1-10(19)9-11(12)13(18)16-5-8-17-6-3-15-4-7-17/h1-2,9,15,19H,3-8H2,(H,16,18). The van der Waals surface area contributed by atoms with Crippen LogP contribution in [0.2, 0.25) is 0 Å². The van der Waals surface area contributed by atoms with Gasteiger partial charge in [-0.2, -0.15) is 0 Å². The van der Waals surface area contributed by atoms with Gasteiger partial charge in [-0.05, 0) is 34.1 Å². The minimum absolute atomic E-state index is 0.0575. The molecule has 0 saturated carbocycles. The SMILES string of the molecule is O=C(NCCN1CCNCC1)c1cc(S)ccc1Br. The molecular formula is C13H18BrN3OS. The predicted molar refractivity (Wildman–Crippen MR) is 83.0 cm³/mol. The molecule has 0 atom stereocenters. The first-order chi connectivity index (χ1) is 9.16. The number of benzene rings is 1. The van der Waals surface area contributed by atoms with Crippen LogP contribution in [-0.4, -0.2) is 50.1 Å². The summed E-state index contributed by atoms with van der Waals surface area (Å²) in [5.74, 6) is -0.0575. The average molecular weight is 344 g/mol. The van der Waals surface area contributed by atoms with Crippen LogP contribution in [-0.2, 0) is 0 Å². The first-order valence-corrected chi connectivity index (χ1v) is 7.60. The van der Waals surface area contributed by atoms with Crippen LogP contribution in [0.3, 0.4) is 0 Å². The van der Waals surface area contributed by atoms with E-state index in [0.29, 0.717) is 12.1 Å². The number of carbonyl (C=O) groups is 1. The highest BCUT2D eigenvalue weighted by atomic mass is 79.9. The molecule has 1 amide bonds. The molecule has 19 heavy (non-hydrogen) atoms. The van der Waals surface area contributed by atoms with E-state index in [1.54, 1.807) is 6.07 Å². The van der Waals surface area contributed by atoms with Crippen LogP contribution in [0.25, 0.3) is 0 Å². The summed E-state index contributed by atoms with van der Waals surface area (Å²) in [7, 11) is 0. The molecule has 0 aliphatic carbocycles. The van der Waals surface area contributed by atoms with Gasteiger partial charge in [-0.15, -0.1) is 12.6 Å². The largest absolute Gasteiger partial charge is 0.351 e. The lowest BCUT2D eigenvalue weighted by Crippen LogP contribution is -2.46. The highest BCUT2D eigenvalue weighted by molar-refractivity contribution is 9.10. The Morgan fingerprint density at radius 1 is 1.42 bits per heavy atom. The van der Waals surface area contributed by atoms with E-state index in [9.17, 15) is 4.79 Å². The summed E-state index contributed by atoms with van der Waals surface area (Å²) in [6.07, 6.45) is 0. The summed E-state index contributed by atoms with van der Waals surface area (Å²) in [6.45, 7) is 5.72. The third-order valence-corrected chi connectivity index (χ3v) is 4.09. The van der Waals surface area contributed by atoms with Crippen molar-refractivity contribution in [3.8, 4) is 0 Å². The van der Waals surface area contributed by atoms with E-state index < -0.39 is 0 Å². The second-order valence-corrected chi connectivity index (χ2v) is 5.88. The summed E-state index contributed by atoms with van der Waals surface area (Å²) in [4.78, 5) is 15.2. The summed E-state index contributed by atoms with van der Waals surface area (Å²) >= 11 is 7.64. The van der Waals surface area contributed by atoms with Crippen LogP contribution in [0.4, 0.5) is 0 Å². The lowest BCUT2D eigenvalue weighted by atomic mass is 10.2. The smallest absolute Gasteiger partial charge is 0.252 e. The van der Waals surface area contributed by atoms with Crippen molar-refractivity contribution < 1.29 is 4.79 Å². The van der Waals surface area contributed by atoms with E-state index in [1.165, 1.54) is 0 Å². The van der Waals surface area contributed by atoms with Gasteiger partial charge in [-0.1, -0.05) is 0 Å². The number of amides is 1. The molecule has 6 heteroatoms. The zero-order chi connectivity index (χ0) is 13.7. The van der Waals surface area contributed by atoms with Crippen molar-refractivity contribution in [2.45, 2.75) is 4.90 Å². The van der Waals surface area contributed by atoms with Crippen molar-refractivity contribution in [2.24, 2.45) is 0 Å². The average Bonchev–Trinajstić information content (AvgIpc) is 2.42. The number of halogens is 1. The minimum Gasteiger partial charge on any atom is -0.351 e. The quantitative estimate of drug-likeness (QED) is 0.723. The molecule has 1 aromatic carbocycles. The molecule has 1 aliphatic rings. The molecule has 104 valence electrons. The first kappa shape index (κ1) is 14.8. The molecule has 2 N–H and O–H groups in total. The molecule has 1 aliphatic heterocycles. The molecule has 1 heterocycles. The number of hydrogen-bond acceptors (Lipinski definition) is 4.